The molecule has 1 rings (SSSR count). The zero-order valence-corrected chi connectivity index (χ0v) is 8.47. The standard InChI is InChI=1S/C10H10ClFO2/c1-2-14-10(13)6-7-5-8(12)3-4-9(7)11/h3-5H,2,6H2,1H3. The van der Waals surface area contributed by atoms with Crippen molar-refractivity contribution >= 4 is 17.6 Å². The van der Waals surface area contributed by atoms with Gasteiger partial charge < -0.3 is 4.74 Å². The summed E-state index contributed by atoms with van der Waals surface area (Å²) in [5.41, 5.74) is 0.449. The van der Waals surface area contributed by atoms with Crippen LogP contribution in [0, 0.1) is 5.82 Å². The van der Waals surface area contributed by atoms with Crippen LogP contribution in [0.25, 0.3) is 0 Å². The molecule has 0 aliphatic carbocycles. The molecule has 0 unspecified atom stereocenters. The molecule has 76 valence electrons. The van der Waals surface area contributed by atoms with Crippen molar-refractivity contribution in [3.05, 3.63) is 34.6 Å². The van der Waals surface area contributed by atoms with E-state index in [0.29, 0.717) is 17.2 Å². The van der Waals surface area contributed by atoms with Crippen molar-refractivity contribution in [3.8, 4) is 0 Å². The van der Waals surface area contributed by atoms with Gasteiger partial charge in [0.15, 0.2) is 0 Å². The lowest BCUT2D eigenvalue weighted by atomic mass is 10.1. The zero-order valence-electron chi connectivity index (χ0n) is 7.72. The van der Waals surface area contributed by atoms with E-state index in [2.05, 4.69) is 0 Å². The fourth-order valence-electron chi connectivity index (χ4n) is 1.05. The van der Waals surface area contributed by atoms with Crippen molar-refractivity contribution in [3.63, 3.8) is 0 Å². The van der Waals surface area contributed by atoms with Crippen LogP contribution in [0.3, 0.4) is 0 Å². The summed E-state index contributed by atoms with van der Waals surface area (Å²) < 4.78 is 17.5. The molecule has 1 aromatic carbocycles. The Kier molecular flexibility index (Phi) is 3.89. The second-order valence-corrected chi connectivity index (χ2v) is 3.12. The SMILES string of the molecule is CCOC(=O)Cc1cc(F)ccc1Cl. The van der Waals surface area contributed by atoms with Gasteiger partial charge >= 0.3 is 5.97 Å². The molecule has 0 heterocycles. The highest BCUT2D eigenvalue weighted by Crippen LogP contribution is 2.17. The fraction of sp³-hybridized carbons (Fsp3) is 0.300. The molecular formula is C10H10ClFO2. The lowest BCUT2D eigenvalue weighted by Gasteiger charge is -2.03. The van der Waals surface area contributed by atoms with E-state index < -0.39 is 11.8 Å². The summed E-state index contributed by atoms with van der Waals surface area (Å²) in [7, 11) is 0. The number of rotatable bonds is 3. The Morgan fingerprint density at radius 2 is 2.29 bits per heavy atom. The minimum Gasteiger partial charge on any atom is -0.466 e. The smallest absolute Gasteiger partial charge is 0.310 e. The third-order valence-corrected chi connectivity index (χ3v) is 2.02. The third-order valence-electron chi connectivity index (χ3n) is 1.65. The van der Waals surface area contributed by atoms with Crippen LogP contribution in [0.5, 0.6) is 0 Å². The Hall–Kier alpha value is -1.09. The van der Waals surface area contributed by atoms with Gasteiger partial charge in [0.2, 0.25) is 0 Å². The maximum Gasteiger partial charge on any atom is 0.310 e. The summed E-state index contributed by atoms with van der Waals surface area (Å²) in [6.07, 6.45) is 0.00440. The lowest BCUT2D eigenvalue weighted by molar-refractivity contribution is -0.142. The molecule has 0 spiro atoms. The number of ether oxygens (including phenoxy) is 1. The average molecular weight is 217 g/mol. The van der Waals surface area contributed by atoms with E-state index in [9.17, 15) is 9.18 Å². The van der Waals surface area contributed by atoms with Gasteiger partial charge in [-0.15, -0.1) is 0 Å². The van der Waals surface area contributed by atoms with Gasteiger partial charge in [0.1, 0.15) is 5.82 Å². The van der Waals surface area contributed by atoms with Crippen molar-refractivity contribution in [1.82, 2.24) is 0 Å². The first-order chi connectivity index (χ1) is 6.63. The summed E-state index contributed by atoms with van der Waals surface area (Å²) in [5, 5.41) is 0.374. The van der Waals surface area contributed by atoms with Crippen molar-refractivity contribution < 1.29 is 13.9 Å². The van der Waals surface area contributed by atoms with Crippen molar-refractivity contribution in [1.29, 1.82) is 0 Å². The number of carbonyl (C=O) groups excluding carboxylic acids is 1. The van der Waals surface area contributed by atoms with Gasteiger partial charge in [-0.05, 0) is 30.7 Å². The number of halogens is 2. The third kappa shape index (κ3) is 3.00. The molecule has 0 aliphatic heterocycles. The maximum absolute atomic E-state index is 12.8. The van der Waals surface area contributed by atoms with Crippen molar-refractivity contribution in [2.45, 2.75) is 13.3 Å². The molecule has 0 amide bonds. The molecule has 0 saturated heterocycles. The fourth-order valence-corrected chi connectivity index (χ4v) is 1.23. The van der Waals surface area contributed by atoms with Crippen LogP contribution in [0.1, 0.15) is 12.5 Å². The predicted molar refractivity (Wildman–Crippen MR) is 51.7 cm³/mol. The summed E-state index contributed by atoms with van der Waals surface area (Å²) in [6, 6.07) is 3.90. The minimum atomic E-state index is -0.409. The van der Waals surface area contributed by atoms with E-state index in [1.54, 1.807) is 6.92 Å². The average Bonchev–Trinajstić information content (AvgIpc) is 2.12. The van der Waals surface area contributed by atoms with E-state index in [4.69, 9.17) is 16.3 Å². The highest BCUT2D eigenvalue weighted by molar-refractivity contribution is 6.31. The van der Waals surface area contributed by atoms with Gasteiger partial charge in [-0.2, -0.15) is 0 Å². The van der Waals surface area contributed by atoms with E-state index in [1.165, 1.54) is 18.2 Å². The molecular weight excluding hydrogens is 207 g/mol. The van der Waals surface area contributed by atoms with Crippen LogP contribution >= 0.6 is 11.6 Å². The highest BCUT2D eigenvalue weighted by Gasteiger charge is 2.08. The first-order valence-corrected chi connectivity index (χ1v) is 4.61. The van der Waals surface area contributed by atoms with Crippen LogP contribution in [-0.4, -0.2) is 12.6 Å². The molecule has 14 heavy (non-hydrogen) atoms. The monoisotopic (exact) mass is 216 g/mol. The van der Waals surface area contributed by atoms with Gasteiger partial charge in [0.25, 0.3) is 0 Å². The van der Waals surface area contributed by atoms with Gasteiger partial charge in [-0.1, -0.05) is 11.6 Å². The van der Waals surface area contributed by atoms with E-state index in [-0.39, 0.29) is 6.42 Å². The van der Waals surface area contributed by atoms with Crippen LogP contribution in [0.2, 0.25) is 5.02 Å². The Morgan fingerprint density at radius 3 is 2.93 bits per heavy atom. The molecule has 0 N–H and O–H groups in total. The first-order valence-electron chi connectivity index (χ1n) is 4.23. The second-order valence-electron chi connectivity index (χ2n) is 2.72. The van der Waals surface area contributed by atoms with Crippen LogP contribution in [0.15, 0.2) is 18.2 Å². The number of carbonyl (C=O) groups is 1. The number of benzene rings is 1. The lowest BCUT2D eigenvalue weighted by Crippen LogP contribution is -2.08. The predicted octanol–water partition coefficient (Wildman–Crippen LogP) is 2.58. The second kappa shape index (κ2) is 4.96. The zero-order chi connectivity index (χ0) is 10.6. The van der Waals surface area contributed by atoms with Crippen LogP contribution in [0.4, 0.5) is 4.39 Å². The molecule has 0 aliphatic rings. The molecule has 2 nitrogen and oxygen atoms in total. The number of esters is 1. The molecule has 0 radical (unpaired) electrons. The van der Waals surface area contributed by atoms with Crippen molar-refractivity contribution in [2.24, 2.45) is 0 Å². The molecule has 0 aromatic heterocycles. The number of hydrogen-bond donors (Lipinski definition) is 0. The maximum atomic E-state index is 12.8. The van der Waals surface area contributed by atoms with Crippen LogP contribution < -0.4 is 0 Å². The first kappa shape index (κ1) is 11.0. The van der Waals surface area contributed by atoms with Crippen LogP contribution in [-0.2, 0) is 16.0 Å². The normalized spacial score (nSPS) is 9.93. The van der Waals surface area contributed by atoms with Gasteiger partial charge in [-0.25, -0.2) is 4.39 Å². The van der Waals surface area contributed by atoms with Gasteiger partial charge in [0, 0.05) is 5.02 Å². The van der Waals surface area contributed by atoms with E-state index in [1.807, 2.05) is 0 Å². The summed E-state index contributed by atoms with van der Waals surface area (Å²) in [5.74, 6) is -0.811. The molecule has 0 bridgehead atoms. The largest absolute Gasteiger partial charge is 0.466 e. The highest BCUT2D eigenvalue weighted by atomic mass is 35.5. The van der Waals surface area contributed by atoms with E-state index in [0.717, 1.165) is 0 Å². The summed E-state index contributed by atoms with van der Waals surface area (Å²) in [4.78, 5) is 11.1. The summed E-state index contributed by atoms with van der Waals surface area (Å²) >= 11 is 5.77. The number of hydrogen-bond acceptors (Lipinski definition) is 2. The van der Waals surface area contributed by atoms with Gasteiger partial charge in [-0.3, -0.25) is 4.79 Å². The van der Waals surface area contributed by atoms with Gasteiger partial charge in [0.05, 0.1) is 13.0 Å². The Bertz CT molecular complexity index is 339. The Labute approximate surface area is 86.6 Å². The topological polar surface area (TPSA) is 26.3 Å². The molecule has 0 atom stereocenters. The molecule has 0 saturated carbocycles. The Balaban J connectivity index is 2.75. The quantitative estimate of drug-likeness (QED) is 0.726. The summed E-state index contributed by atoms with van der Waals surface area (Å²) in [6.45, 7) is 2.02. The van der Waals surface area contributed by atoms with E-state index >= 15 is 0 Å². The minimum absolute atomic E-state index is 0.00440. The molecule has 4 heteroatoms. The van der Waals surface area contributed by atoms with Crippen molar-refractivity contribution in [2.75, 3.05) is 6.61 Å². The molecule has 1 aromatic rings. The molecule has 0 fully saturated rings. The Morgan fingerprint density at radius 1 is 1.57 bits per heavy atom.